The Kier molecular flexibility index (Phi) is 5.13. The summed E-state index contributed by atoms with van der Waals surface area (Å²) in [5, 5.41) is 7.19. The number of benzene rings is 1. The van der Waals surface area contributed by atoms with Crippen LogP contribution in [0.25, 0.3) is 11.0 Å². The highest BCUT2D eigenvalue weighted by Crippen LogP contribution is 2.25. The van der Waals surface area contributed by atoms with Gasteiger partial charge in [0.2, 0.25) is 0 Å². The molecule has 0 saturated heterocycles. The first-order valence-electron chi connectivity index (χ1n) is 6.71. The number of aromatic nitrogens is 2. The second-order valence-corrected chi connectivity index (χ2v) is 5.75. The maximum absolute atomic E-state index is 8.78. The molecular weight excluding hydrogens is 254 g/mol. The molecule has 1 amide bonds. The molecule has 5 heteroatoms. The van der Waals surface area contributed by atoms with Gasteiger partial charge in [-0.15, -0.1) is 0 Å². The lowest BCUT2D eigenvalue weighted by Crippen LogP contribution is -2.10. The normalized spacial score (nSPS) is 11.0. The van der Waals surface area contributed by atoms with Gasteiger partial charge in [0.1, 0.15) is 5.82 Å². The molecule has 0 saturated carbocycles. The van der Waals surface area contributed by atoms with Gasteiger partial charge in [0.25, 0.3) is 0 Å². The van der Waals surface area contributed by atoms with E-state index < -0.39 is 6.09 Å². The summed E-state index contributed by atoms with van der Waals surface area (Å²) in [6.07, 6.45) is 0.825. The number of amides is 1. The average molecular weight is 277 g/mol. The maximum Gasteiger partial charge on any atom is 0.402 e. The molecule has 1 heterocycles. The number of fused-ring (bicyclic) bond motifs is 1. The first-order chi connectivity index (χ1) is 9.24. The molecule has 2 rings (SSSR count). The molecule has 0 radical (unpaired) electrons. The first kappa shape index (κ1) is 16.0. The number of carboxylic acid groups (broad SMARTS) is 1. The molecule has 1 aromatic heterocycles. The lowest BCUT2D eigenvalue weighted by atomic mass is 9.87. The van der Waals surface area contributed by atoms with E-state index >= 15 is 0 Å². The number of nitrogens with zero attached hydrogens (tertiary/aromatic N) is 1. The van der Waals surface area contributed by atoms with Crippen molar-refractivity contribution in [1.82, 2.24) is 9.97 Å². The van der Waals surface area contributed by atoms with E-state index in [1.807, 2.05) is 0 Å². The van der Waals surface area contributed by atoms with E-state index in [-0.39, 0.29) is 5.41 Å². The van der Waals surface area contributed by atoms with Gasteiger partial charge in [-0.2, -0.15) is 0 Å². The van der Waals surface area contributed by atoms with Gasteiger partial charge in [-0.1, -0.05) is 33.8 Å². The van der Waals surface area contributed by atoms with Crippen LogP contribution in [-0.2, 0) is 11.8 Å². The highest BCUT2D eigenvalue weighted by atomic mass is 16.4. The summed E-state index contributed by atoms with van der Waals surface area (Å²) in [7, 11) is 0. The quantitative estimate of drug-likeness (QED) is 0.785. The molecule has 0 aliphatic heterocycles. The van der Waals surface area contributed by atoms with Crippen LogP contribution in [0.15, 0.2) is 18.2 Å². The van der Waals surface area contributed by atoms with Crippen molar-refractivity contribution in [3.05, 3.63) is 29.6 Å². The first-order valence-corrected chi connectivity index (χ1v) is 6.71. The molecule has 0 bridgehead atoms. The van der Waals surface area contributed by atoms with Crippen molar-refractivity contribution in [1.29, 1.82) is 0 Å². The third kappa shape index (κ3) is 4.57. The van der Waals surface area contributed by atoms with E-state index in [1.54, 1.807) is 0 Å². The van der Waals surface area contributed by atoms with Gasteiger partial charge in [0.05, 0.1) is 11.0 Å². The van der Waals surface area contributed by atoms with Gasteiger partial charge in [0, 0.05) is 6.42 Å². The second kappa shape index (κ2) is 6.41. The van der Waals surface area contributed by atoms with Crippen molar-refractivity contribution in [3.8, 4) is 0 Å². The van der Waals surface area contributed by atoms with Crippen molar-refractivity contribution in [2.45, 2.75) is 46.0 Å². The predicted octanol–water partition coefficient (Wildman–Crippen LogP) is 3.44. The minimum atomic E-state index is -1.33. The van der Waals surface area contributed by atoms with Gasteiger partial charge in [-0.3, -0.25) is 0 Å². The lowest BCUT2D eigenvalue weighted by Gasteiger charge is -2.18. The number of hydrogen-bond donors (Lipinski definition) is 3. The third-order valence-corrected chi connectivity index (χ3v) is 2.88. The topological polar surface area (TPSA) is 92.0 Å². The molecule has 1 aromatic carbocycles. The zero-order valence-corrected chi connectivity index (χ0v) is 12.5. The van der Waals surface area contributed by atoms with E-state index in [2.05, 4.69) is 61.6 Å². The molecule has 0 aliphatic carbocycles. The van der Waals surface area contributed by atoms with Crippen molar-refractivity contribution in [2.75, 3.05) is 0 Å². The van der Waals surface area contributed by atoms with Gasteiger partial charge in [0.15, 0.2) is 0 Å². The van der Waals surface area contributed by atoms with Crippen LogP contribution in [-0.4, -0.2) is 21.2 Å². The molecule has 110 valence electrons. The van der Waals surface area contributed by atoms with Gasteiger partial charge >= 0.3 is 6.09 Å². The van der Waals surface area contributed by atoms with Crippen LogP contribution in [0.2, 0.25) is 0 Å². The summed E-state index contributed by atoms with van der Waals surface area (Å²) < 4.78 is 0. The Balaban J connectivity index is 0.000000444. The van der Waals surface area contributed by atoms with Crippen LogP contribution < -0.4 is 5.73 Å². The Hall–Kier alpha value is -2.04. The van der Waals surface area contributed by atoms with Crippen molar-refractivity contribution in [2.24, 2.45) is 5.73 Å². The zero-order chi connectivity index (χ0) is 15.3. The predicted molar refractivity (Wildman–Crippen MR) is 81.0 cm³/mol. The Bertz CT molecular complexity index is 578. The molecule has 20 heavy (non-hydrogen) atoms. The Morgan fingerprint density at radius 1 is 1.40 bits per heavy atom. The maximum atomic E-state index is 8.78. The largest absolute Gasteiger partial charge is 0.465 e. The molecule has 0 fully saturated rings. The van der Waals surface area contributed by atoms with Crippen LogP contribution in [0.1, 0.15) is 45.5 Å². The molecule has 0 atom stereocenters. The SMILES string of the molecule is CCCc1nc2ccc(C(C)(C)C)cc2[nH]1.NC(=O)O. The number of nitrogens with two attached hydrogens (primary N) is 1. The monoisotopic (exact) mass is 277 g/mol. The summed E-state index contributed by atoms with van der Waals surface area (Å²) in [5.41, 5.74) is 7.82. The Morgan fingerprint density at radius 3 is 2.50 bits per heavy atom. The Morgan fingerprint density at radius 2 is 2.00 bits per heavy atom. The smallest absolute Gasteiger partial charge is 0.402 e. The average Bonchev–Trinajstić information content (AvgIpc) is 2.68. The summed E-state index contributed by atoms with van der Waals surface area (Å²) in [6.45, 7) is 8.88. The van der Waals surface area contributed by atoms with E-state index in [0.717, 1.165) is 29.7 Å². The molecule has 4 N–H and O–H groups in total. The van der Waals surface area contributed by atoms with Gasteiger partial charge < -0.3 is 15.8 Å². The van der Waals surface area contributed by atoms with E-state index in [9.17, 15) is 0 Å². The Labute approximate surface area is 119 Å². The molecule has 0 spiro atoms. The fraction of sp³-hybridized carbons (Fsp3) is 0.467. The van der Waals surface area contributed by atoms with Crippen LogP contribution in [0.3, 0.4) is 0 Å². The van der Waals surface area contributed by atoms with Crippen LogP contribution in [0.5, 0.6) is 0 Å². The van der Waals surface area contributed by atoms with E-state index in [1.165, 1.54) is 5.56 Å². The minimum absolute atomic E-state index is 0.199. The number of rotatable bonds is 2. The van der Waals surface area contributed by atoms with E-state index in [0.29, 0.717) is 0 Å². The standard InChI is InChI=1S/C14H20N2.CH3NO2/c1-5-6-13-15-11-8-7-10(14(2,3)4)9-12(11)16-13;2-1(3)4/h7-9H,5-6H2,1-4H3,(H,15,16);2H2,(H,3,4). The molecular formula is C15H23N3O2. The fourth-order valence-electron chi connectivity index (χ4n) is 1.88. The van der Waals surface area contributed by atoms with Gasteiger partial charge in [-0.25, -0.2) is 9.78 Å². The lowest BCUT2D eigenvalue weighted by molar-refractivity contribution is 0.205. The number of aryl methyl sites for hydroxylation is 1. The number of carbonyl (C=O) groups is 1. The minimum Gasteiger partial charge on any atom is -0.465 e. The number of nitrogens with one attached hydrogen (secondary N) is 1. The number of H-pyrrole nitrogens is 1. The summed E-state index contributed by atoms with van der Waals surface area (Å²) in [6, 6.07) is 6.52. The number of hydrogen-bond acceptors (Lipinski definition) is 2. The van der Waals surface area contributed by atoms with Crippen molar-refractivity contribution in [3.63, 3.8) is 0 Å². The zero-order valence-electron chi connectivity index (χ0n) is 12.5. The van der Waals surface area contributed by atoms with Crippen LogP contribution >= 0.6 is 0 Å². The number of primary amides is 1. The van der Waals surface area contributed by atoms with Crippen LogP contribution in [0.4, 0.5) is 4.79 Å². The summed E-state index contributed by atoms with van der Waals surface area (Å²) in [4.78, 5) is 16.7. The summed E-state index contributed by atoms with van der Waals surface area (Å²) in [5.74, 6) is 1.10. The second-order valence-electron chi connectivity index (χ2n) is 5.75. The number of imidazole rings is 1. The molecule has 0 unspecified atom stereocenters. The fourth-order valence-corrected chi connectivity index (χ4v) is 1.88. The third-order valence-electron chi connectivity index (χ3n) is 2.88. The van der Waals surface area contributed by atoms with Crippen LogP contribution in [0, 0.1) is 0 Å². The van der Waals surface area contributed by atoms with Gasteiger partial charge in [-0.05, 0) is 29.5 Å². The molecule has 5 nitrogen and oxygen atoms in total. The summed E-state index contributed by atoms with van der Waals surface area (Å²) >= 11 is 0. The van der Waals surface area contributed by atoms with E-state index in [4.69, 9.17) is 9.90 Å². The molecule has 2 aromatic rings. The van der Waals surface area contributed by atoms with Crippen molar-refractivity contribution >= 4 is 17.1 Å². The number of aromatic amines is 1. The van der Waals surface area contributed by atoms with Crippen molar-refractivity contribution < 1.29 is 9.90 Å². The molecule has 0 aliphatic rings. The highest BCUT2D eigenvalue weighted by molar-refractivity contribution is 5.76. The highest BCUT2D eigenvalue weighted by Gasteiger charge is 2.14.